The van der Waals surface area contributed by atoms with E-state index in [4.69, 9.17) is 12.2 Å². The highest BCUT2D eigenvalue weighted by Crippen LogP contribution is 2.33. The molecule has 7 heteroatoms. The van der Waals surface area contributed by atoms with Crippen molar-refractivity contribution in [2.24, 2.45) is 5.92 Å². The van der Waals surface area contributed by atoms with Gasteiger partial charge in [-0.15, -0.1) is 11.3 Å². The summed E-state index contributed by atoms with van der Waals surface area (Å²) < 4.78 is 0.544. The van der Waals surface area contributed by atoms with Crippen molar-refractivity contribution >= 4 is 57.5 Å². The van der Waals surface area contributed by atoms with Crippen LogP contribution in [0.3, 0.4) is 0 Å². The van der Waals surface area contributed by atoms with Gasteiger partial charge in [0.05, 0.1) is 4.91 Å². The van der Waals surface area contributed by atoms with Crippen LogP contribution >= 0.6 is 35.3 Å². The molecule has 3 heterocycles. The average Bonchev–Trinajstić information content (AvgIpc) is 3.16. The smallest absolute Gasteiger partial charge is 0.266 e. The highest BCUT2D eigenvalue weighted by molar-refractivity contribution is 8.26. The minimum atomic E-state index is -0.0848. The largest absolute Gasteiger partial charge is 0.343 e. The Morgan fingerprint density at radius 1 is 1.42 bits per heavy atom. The fourth-order valence-corrected chi connectivity index (χ4v) is 4.85. The topological polar surface area (TPSA) is 40.6 Å². The summed E-state index contributed by atoms with van der Waals surface area (Å²) in [5, 5.41) is 1.98. The number of hydrogen-bond acceptors (Lipinski definition) is 5. The van der Waals surface area contributed by atoms with E-state index < -0.39 is 0 Å². The summed E-state index contributed by atoms with van der Waals surface area (Å²) in [6.07, 6.45) is 4.34. The fraction of sp³-hybridized carbons (Fsp3) is 0.471. The summed E-state index contributed by atoms with van der Waals surface area (Å²) in [5.41, 5.74) is 0. The first-order valence-corrected chi connectivity index (χ1v) is 10.2. The van der Waals surface area contributed by atoms with Crippen LogP contribution in [0.5, 0.6) is 0 Å². The van der Waals surface area contributed by atoms with Crippen LogP contribution in [0.2, 0.25) is 0 Å². The Bertz CT molecular complexity index is 661. The first kappa shape index (κ1) is 17.6. The van der Waals surface area contributed by atoms with E-state index in [-0.39, 0.29) is 11.8 Å². The highest BCUT2D eigenvalue weighted by Gasteiger charge is 2.32. The Balaban J connectivity index is 1.56. The van der Waals surface area contributed by atoms with Crippen LogP contribution in [0.4, 0.5) is 0 Å². The second-order valence-electron chi connectivity index (χ2n) is 6.16. The third-order valence-corrected chi connectivity index (χ3v) is 6.57. The Morgan fingerprint density at radius 3 is 2.83 bits per heavy atom. The molecular weight excluding hydrogens is 360 g/mol. The summed E-state index contributed by atoms with van der Waals surface area (Å²) >= 11 is 8.23. The van der Waals surface area contributed by atoms with Gasteiger partial charge in [0.1, 0.15) is 4.32 Å². The van der Waals surface area contributed by atoms with Gasteiger partial charge in [-0.2, -0.15) is 0 Å². The van der Waals surface area contributed by atoms with Crippen molar-refractivity contribution in [1.82, 2.24) is 9.80 Å². The molecule has 2 aliphatic rings. The van der Waals surface area contributed by atoms with E-state index in [2.05, 4.69) is 6.92 Å². The van der Waals surface area contributed by atoms with Crippen molar-refractivity contribution < 1.29 is 9.59 Å². The summed E-state index contributed by atoms with van der Waals surface area (Å²) in [6, 6.07) is 3.92. The van der Waals surface area contributed by atoms with Gasteiger partial charge in [0, 0.05) is 30.9 Å². The SMILES string of the molecule is CC1CCN(C(=O)CCN2C(=O)C(=Cc3cccs3)SC2=S)CC1. The molecule has 0 aliphatic carbocycles. The molecule has 1 aromatic rings. The molecule has 0 atom stereocenters. The molecule has 2 fully saturated rings. The maximum Gasteiger partial charge on any atom is 0.266 e. The molecule has 1 aromatic heterocycles. The molecule has 0 radical (unpaired) electrons. The maximum absolute atomic E-state index is 12.5. The number of amides is 2. The maximum atomic E-state index is 12.5. The first-order valence-electron chi connectivity index (χ1n) is 8.11. The Labute approximate surface area is 155 Å². The molecule has 2 aliphatic heterocycles. The predicted molar refractivity (Wildman–Crippen MR) is 104 cm³/mol. The van der Waals surface area contributed by atoms with Crippen LogP contribution in [0, 0.1) is 5.92 Å². The highest BCUT2D eigenvalue weighted by atomic mass is 32.2. The molecule has 128 valence electrons. The number of thioether (sulfide) groups is 1. The molecule has 0 saturated carbocycles. The molecule has 0 unspecified atom stereocenters. The van der Waals surface area contributed by atoms with E-state index in [1.807, 2.05) is 28.5 Å². The summed E-state index contributed by atoms with van der Waals surface area (Å²) in [6.45, 7) is 4.26. The predicted octanol–water partition coefficient (Wildman–Crippen LogP) is 3.60. The first-order chi connectivity index (χ1) is 11.5. The summed E-state index contributed by atoms with van der Waals surface area (Å²) in [4.78, 5) is 30.0. The molecule has 0 bridgehead atoms. The minimum Gasteiger partial charge on any atom is -0.343 e. The lowest BCUT2D eigenvalue weighted by Crippen LogP contribution is -2.40. The Kier molecular flexibility index (Phi) is 5.73. The lowest BCUT2D eigenvalue weighted by atomic mass is 9.99. The van der Waals surface area contributed by atoms with E-state index in [0.717, 1.165) is 30.8 Å². The molecular formula is C17H20N2O2S3. The van der Waals surface area contributed by atoms with E-state index in [1.54, 1.807) is 16.2 Å². The van der Waals surface area contributed by atoms with Gasteiger partial charge in [-0.3, -0.25) is 14.5 Å². The van der Waals surface area contributed by atoms with E-state index in [0.29, 0.717) is 28.1 Å². The fourth-order valence-electron chi connectivity index (χ4n) is 2.82. The lowest BCUT2D eigenvalue weighted by molar-refractivity contribution is -0.133. The molecule has 3 rings (SSSR count). The number of thiocarbonyl (C=S) groups is 1. The number of piperidine rings is 1. The molecule has 4 nitrogen and oxygen atoms in total. The lowest BCUT2D eigenvalue weighted by Gasteiger charge is -2.30. The zero-order valence-electron chi connectivity index (χ0n) is 13.6. The zero-order chi connectivity index (χ0) is 17.1. The van der Waals surface area contributed by atoms with Crippen LogP contribution in [0.15, 0.2) is 22.4 Å². The van der Waals surface area contributed by atoms with Crippen molar-refractivity contribution in [1.29, 1.82) is 0 Å². The van der Waals surface area contributed by atoms with Gasteiger partial charge in [0.15, 0.2) is 0 Å². The number of likely N-dealkylation sites (tertiary alicyclic amines) is 1. The number of nitrogens with zero attached hydrogens (tertiary/aromatic N) is 2. The molecule has 2 amide bonds. The van der Waals surface area contributed by atoms with E-state index in [9.17, 15) is 9.59 Å². The average molecular weight is 381 g/mol. The van der Waals surface area contributed by atoms with E-state index in [1.165, 1.54) is 11.8 Å². The number of thiophene rings is 1. The van der Waals surface area contributed by atoms with Crippen LogP contribution in [0.1, 0.15) is 31.1 Å². The molecule has 0 N–H and O–H groups in total. The molecule has 0 aromatic carbocycles. The second-order valence-corrected chi connectivity index (χ2v) is 8.82. The quantitative estimate of drug-likeness (QED) is 0.591. The van der Waals surface area contributed by atoms with Gasteiger partial charge in [0.25, 0.3) is 5.91 Å². The third kappa shape index (κ3) is 4.07. The molecule has 0 spiro atoms. The van der Waals surface area contributed by atoms with Crippen LogP contribution in [-0.2, 0) is 9.59 Å². The number of hydrogen-bond donors (Lipinski definition) is 0. The number of carbonyl (C=O) groups excluding carboxylic acids is 2. The van der Waals surface area contributed by atoms with Crippen molar-refractivity contribution in [3.63, 3.8) is 0 Å². The second kappa shape index (κ2) is 7.80. The van der Waals surface area contributed by atoms with Gasteiger partial charge in [0.2, 0.25) is 5.91 Å². The van der Waals surface area contributed by atoms with Gasteiger partial charge in [-0.25, -0.2) is 0 Å². The van der Waals surface area contributed by atoms with E-state index >= 15 is 0 Å². The van der Waals surface area contributed by atoms with Crippen molar-refractivity contribution in [3.8, 4) is 0 Å². The summed E-state index contributed by atoms with van der Waals surface area (Å²) in [5.74, 6) is 0.736. The van der Waals surface area contributed by atoms with Crippen LogP contribution < -0.4 is 0 Å². The normalized spacial score (nSPS) is 21.1. The van der Waals surface area contributed by atoms with Crippen molar-refractivity contribution in [3.05, 3.63) is 27.3 Å². The van der Waals surface area contributed by atoms with Crippen LogP contribution in [0.25, 0.3) is 6.08 Å². The molecule has 24 heavy (non-hydrogen) atoms. The van der Waals surface area contributed by atoms with Crippen molar-refractivity contribution in [2.75, 3.05) is 19.6 Å². The number of carbonyl (C=O) groups is 2. The Morgan fingerprint density at radius 2 is 2.17 bits per heavy atom. The van der Waals surface area contributed by atoms with Gasteiger partial charge in [-0.05, 0) is 36.3 Å². The van der Waals surface area contributed by atoms with Gasteiger partial charge in [-0.1, -0.05) is 37.0 Å². The Hall–Kier alpha value is -1.18. The molecule has 2 saturated heterocycles. The standard InChI is InChI=1S/C17H20N2O2S3/c1-12-4-7-18(8-5-12)15(20)6-9-19-16(21)14(24-17(19)22)11-13-3-2-10-23-13/h2-3,10-12H,4-9H2,1H3. The third-order valence-electron chi connectivity index (χ3n) is 4.38. The minimum absolute atomic E-state index is 0.0848. The van der Waals surface area contributed by atoms with Crippen LogP contribution in [-0.4, -0.2) is 45.6 Å². The van der Waals surface area contributed by atoms with Gasteiger partial charge >= 0.3 is 0 Å². The zero-order valence-corrected chi connectivity index (χ0v) is 16.0. The monoisotopic (exact) mass is 380 g/mol. The summed E-state index contributed by atoms with van der Waals surface area (Å²) in [7, 11) is 0. The van der Waals surface area contributed by atoms with Crippen molar-refractivity contribution in [2.45, 2.75) is 26.2 Å². The number of rotatable bonds is 4. The van der Waals surface area contributed by atoms with Gasteiger partial charge < -0.3 is 4.90 Å².